The highest BCUT2D eigenvalue weighted by atomic mass is 35.5. The highest BCUT2D eigenvalue weighted by Gasteiger charge is 2.20. The maximum absolute atomic E-state index is 9.90. The first kappa shape index (κ1) is 16.2. The van der Waals surface area contributed by atoms with Crippen molar-refractivity contribution in [1.29, 1.82) is 0 Å². The van der Waals surface area contributed by atoms with Gasteiger partial charge in [-0.3, -0.25) is 0 Å². The Morgan fingerprint density at radius 3 is 2.12 bits per heavy atom. The van der Waals surface area contributed by atoms with E-state index in [1.807, 2.05) is 20.8 Å². The van der Waals surface area contributed by atoms with E-state index in [0.717, 1.165) is 23.1 Å². The summed E-state index contributed by atoms with van der Waals surface area (Å²) < 4.78 is 0. The van der Waals surface area contributed by atoms with Crippen LogP contribution in [0.15, 0.2) is 12.1 Å². The molecule has 0 unspecified atom stereocenters. The fourth-order valence-electron chi connectivity index (χ4n) is 2.15. The third kappa shape index (κ3) is 3.87. The van der Waals surface area contributed by atoms with Gasteiger partial charge in [-0.15, -0.1) is 12.4 Å². The average molecular weight is 260 g/mol. The molecule has 4 heteroatoms. The summed E-state index contributed by atoms with van der Waals surface area (Å²) in [6.45, 7) is 5.83. The number of rotatable bonds is 4. The Bertz CT molecular complexity index is 345. The molecule has 17 heavy (non-hydrogen) atoms. The lowest BCUT2D eigenvalue weighted by atomic mass is 9.91. The van der Waals surface area contributed by atoms with E-state index < -0.39 is 6.10 Å². The van der Waals surface area contributed by atoms with Crippen LogP contribution >= 0.6 is 12.4 Å². The summed E-state index contributed by atoms with van der Waals surface area (Å²) in [5, 5.41) is 19.3. The van der Waals surface area contributed by atoms with E-state index in [-0.39, 0.29) is 24.2 Å². The lowest BCUT2D eigenvalue weighted by molar-refractivity contribution is 0.134. The minimum atomic E-state index is -0.521. The van der Waals surface area contributed by atoms with Gasteiger partial charge in [0.1, 0.15) is 5.75 Å². The normalized spacial score (nSPS) is 13.9. The van der Waals surface area contributed by atoms with Crippen LogP contribution in [0.25, 0.3) is 0 Å². The van der Waals surface area contributed by atoms with Gasteiger partial charge < -0.3 is 15.9 Å². The summed E-state index contributed by atoms with van der Waals surface area (Å²) in [5.41, 5.74) is 8.85. The summed E-state index contributed by atoms with van der Waals surface area (Å²) >= 11 is 0. The molecular formula is C13H22ClNO2. The zero-order valence-corrected chi connectivity index (χ0v) is 11.4. The number of hydrogen-bond donors (Lipinski definition) is 3. The smallest absolute Gasteiger partial charge is 0.116 e. The second-order valence-electron chi connectivity index (χ2n) is 4.38. The molecule has 1 rings (SSSR count). The number of benzene rings is 1. The number of hydrogen-bond acceptors (Lipinski definition) is 3. The predicted octanol–water partition coefficient (Wildman–Crippen LogP) is 2.59. The first-order valence-electron chi connectivity index (χ1n) is 5.71. The predicted molar refractivity (Wildman–Crippen MR) is 72.7 cm³/mol. The fourth-order valence-corrected chi connectivity index (χ4v) is 2.15. The Labute approximate surface area is 109 Å². The van der Waals surface area contributed by atoms with Gasteiger partial charge in [0.15, 0.2) is 0 Å². The van der Waals surface area contributed by atoms with Crippen molar-refractivity contribution in [3.8, 4) is 5.75 Å². The van der Waals surface area contributed by atoms with Gasteiger partial charge in [0.25, 0.3) is 0 Å². The summed E-state index contributed by atoms with van der Waals surface area (Å²) in [4.78, 5) is 0. The molecule has 0 aliphatic heterocycles. The van der Waals surface area contributed by atoms with Crippen molar-refractivity contribution in [1.82, 2.24) is 0 Å². The van der Waals surface area contributed by atoms with Crippen molar-refractivity contribution in [2.75, 3.05) is 0 Å². The first-order chi connectivity index (χ1) is 7.47. The quantitative estimate of drug-likeness (QED) is 0.779. The standard InChI is InChI=1S/C13H21NO2.ClH/c1-4-5-11(16)13(14)12-8(2)6-10(15)7-9(12)3;/h6-7,11,13,15-16H,4-5,14H2,1-3H3;1H/t11-,13-;/m0./s1. The molecule has 0 aliphatic carbocycles. The lowest BCUT2D eigenvalue weighted by Gasteiger charge is -2.22. The molecule has 1 aromatic rings. The first-order valence-corrected chi connectivity index (χ1v) is 5.71. The van der Waals surface area contributed by atoms with Crippen molar-refractivity contribution in [3.63, 3.8) is 0 Å². The van der Waals surface area contributed by atoms with E-state index in [0.29, 0.717) is 6.42 Å². The second kappa shape index (κ2) is 6.84. The molecule has 1 aromatic carbocycles. The number of aryl methyl sites for hydroxylation is 2. The van der Waals surface area contributed by atoms with Crippen molar-refractivity contribution in [2.45, 2.75) is 45.8 Å². The average Bonchev–Trinajstić information content (AvgIpc) is 2.16. The fraction of sp³-hybridized carbons (Fsp3) is 0.538. The maximum atomic E-state index is 9.90. The third-order valence-electron chi connectivity index (χ3n) is 2.91. The zero-order valence-electron chi connectivity index (χ0n) is 10.6. The third-order valence-corrected chi connectivity index (χ3v) is 2.91. The van der Waals surface area contributed by atoms with Crippen LogP contribution < -0.4 is 5.73 Å². The van der Waals surface area contributed by atoms with Crippen LogP contribution in [-0.2, 0) is 0 Å². The van der Waals surface area contributed by atoms with Crippen molar-refractivity contribution in [3.05, 3.63) is 28.8 Å². The molecule has 0 fully saturated rings. The van der Waals surface area contributed by atoms with Crippen molar-refractivity contribution < 1.29 is 10.2 Å². The van der Waals surface area contributed by atoms with E-state index in [2.05, 4.69) is 0 Å². The van der Waals surface area contributed by atoms with Crippen LogP contribution in [0.1, 0.15) is 42.5 Å². The summed E-state index contributed by atoms with van der Waals surface area (Å²) in [6, 6.07) is 2.99. The topological polar surface area (TPSA) is 66.5 Å². The Morgan fingerprint density at radius 2 is 1.71 bits per heavy atom. The molecule has 0 aliphatic rings. The highest BCUT2D eigenvalue weighted by Crippen LogP contribution is 2.27. The highest BCUT2D eigenvalue weighted by molar-refractivity contribution is 5.85. The van der Waals surface area contributed by atoms with E-state index in [1.165, 1.54) is 0 Å². The van der Waals surface area contributed by atoms with Crippen LogP contribution in [0.2, 0.25) is 0 Å². The number of phenolic OH excluding ortho intramolecular Hbond substituents is 1. The number of aromatic hydroxyl groups is 1. The number of aliphatic hydroxyl groups excluding tert-OH is 1. The number of halogens is 1. The SMILES string of the molecule is CCC[C@H](O)[C@H](N)c1c(C)cc(O)cc1C.Cl. The Hall–Kier alpha value is -0.770. The molecular weight excluding hydrogens is 238 g/mol. The Kier molecular flexibility index (Phi) is 6.53. The molecule has 3 nitrogen and oxygen atoms in total. The zero-order chi connectivity index (χ0) is 12.3. The van der Waals surface area contributed by atoms with Crippen molar-refractivity contribution >= 4 is 12.4 Å². The monoisotopic (exact) mass is 259 g/mol. The van der Waals surface area contributed by atoms with Crippen LogP contribution in [0.4, 0.5) is 0 Å². The maximum Gasteiger partial charge on any atom is 0.116 e. The molecule has 0 saturated carbocycles. The van der Waals surface area contributed by atoms with Gasteiger partial charge in [-0.05, 0) is 49.1 Å². The van der Waals surface area contributed by atoms with Gasteiger partial charge in [0.05, 0.1) is 12.1 Å². The minimum absolute atomic E-state index is 0. The molecule has 0 saturated heterocycles. The Morgan fingerprint density at radius 1 is 1.24 bits per heavy atom. The molecule has 98 valence electrons. The number of phenols is 1. The van der Waals surface area contributed by atoms with Gasteiger partial charge in [0, 0.05) is 0 Å². The van der Waals surface area contributed by atoms with Gasteiger partial charge >= 0.3 is 0 Å². The summed E-state index contributed by atoms with van der Waals surface area (Å²) in [7, 11) is 0. The molecule has 0 radical (unpaired) electrons. The minimum Gasteiger partial charge on any atom is -0.508 e. The molecule has 2 atom stereocenters. The van der Waals surface area contributed by atoms with Crippen molar-refractivity contribution in [2.24, 2.45) is 5.73 Å². The number of aliphatic hydroxyl groups is 1. The molecule has 4 N–H and O–H groups in total. The summed E-state index contributed by atoms with van der Waals surface area (Å²) in [5.74, 6) is 0.246. The molecule has 0 spiro atoms. The van der Waals surface area contributed by atoms with Crippen LogP contribution in [0.5, 0.6) is 5.75 Å². The lowest BCUT2D eigenvalue weighted by Crippen LogP contribution is -2.27. The number of nitrogens with two attached hydrogens (primary N) is 1. The van der Waals surface area contributed by atoms with E-state index in [4.69, 9.17) is 5.73 Å². The van der Waals surface area contributed by atoms with Gasteiger partial charge in [-0.2, -0.15) is 0 Å². The van der Waals surface area contributed by atoms with Crippen LogP contribution in [0, 0.1) is 13.8 Å². The van der Waals surface area contributed by atoms with Gasteiger partial charge in [-0.25, -0.2) is 0 Å². The van der Waals surface area contributed by atoms with E-state index >= 15 is 0 Å². The van der Waals surface area contributed by atoms with Gasteiger partial charge in [0.2, 0.25) is 0 Å². The summed E-state index contributed by atoms with van der Waals surface area (Å²) in [6.07, 6.45) is 1.08. The molecule has 0 bridgehead atoms. The van der Waals surface area contributed by atoms with Crippen LogP contribution in [-0.4, -0.2) is 16.3 Å². The van der Waals surface area contributed by atoms with E-state index in [1.54, 1.807) is 12.1 Å². The second-order valence-corrected chi connectivity index (χ2v) is 4.38. The molecule has 0 heterocycles. The van der Waals surface area contributed by atoms with E-state index in [9.17, 15) is 10.2 Å². The van der Waals surface area contributed by atoms with Crippen LogP contribution in [0.3, 0.4) is 0 Å². The molecule has 0 aromatic heterocycles. The largest absolute Gasteiger partial charge is 0.508 e. The Balaban J connectivity index is 0.00000256. The van der Waals surface area contributed by atoms with Gasteiger partial charge in [-0.1, -0.05) is 13.3 Å². The molecule has 0 amide bonds.